The largest absolute Gasteiger partial charge is 0.489 e. The lowest BCUT2D eigenvalue weighted by Crippen LogP contribution is -2.30. The van der Waals surface area contributed by atoms with Crippen molar-refractivity contribution in [2.45, 2.75) is 39.4 Å². The van der Waals surface area contributed by atoms with Gasteiger partial charge in [0.2, 0.25) is 0 Å². The van der Waals surface area contributed by atoms with Gasteiger partial charge in [-0.3, -0.25) is 0 Å². The fraction of sp³-hybridized carbons (Fsp3) is 0.364. The molecule has 25 heavy (non-hydrogen) atoms. The maximum atomic E-state index is 13.0. The van der Waals surface area contributed by atoms with Crippen molar-refractivity contribution in [3.8, 4) is 0 Å². The normalized spacial score (nSPS) is 23.4. The maximum Gasteiger partial charge on any atom is 0.123 e. The molecule has 1 aromatic carbocycles. The van der Waals surface area contributed by atoms with E-state index in [1.807, 2.05) is 26.0 Å². The first-order chi connectivity index (χ1) is 12.0. The Kier molecular flexibility index (Phi) is 6.77. The van der Waals surface area contributed by atoms with E-state index in [1.165, 1.54) is 12.1 Å². The Morgan fingerprint density at radius 1 is 1.32 bits per heavy atom. The second-order valence-corrected chi connectivity index (χ2v) is 6.30. The number of ether oxygens (including phenoxy) is 2. The lowest BCUT2D eigenvalue weighted by atomic mass is 9.78. The van der Waals surface area contributed by atoms with Crippen LogP contribution >= 0.6 is 0 Å². The van der Waals surface area contributed by atoms with Crippen molar-refractivity contribution in [1.29, 1.82) is 0 Å². The number of benzene rings is 1. The van der Waals surface area contributed by atoms with Gasteiger partial charge in [-0.2, -0.15) is 0 Å². The minimum absolute atomic E-state index is 0.0527. The van der Waals surface area contributed by atoms with Crippen LogP contribution in [0.2, 0.25) is 0 Å². The molecule has 0 heterocycles. The molecule has 1 aromatic rings. The van der Waals surface area contributed by atoms with E-state index < -0.39 is 0 Å². The van der Waals surface area contributed by atoms with Gasteiger partial charge in [0.25, 0.3) is 0 Å². The summed E-state index contributed by atoms with van der Waals surface area (Å²) in [7, 11) is 1.72. The molecule has 0 bridgehead atoms. The van der Waals surface area contributed by atoms with E-state index in [1.54, 1.807) is 19.2 Å². The van der Waals surface area contributed by atoms with Crippen molar-refractivity contribution in [3.05, 3.63) is 83.4 Å². The minimum atomic E-state index is -0.245. The first-order valence-electron chi connectivity index (χ1n) is 8.60. The summed E-state index contributed by atoms with van der Waals surface area (Å²) < 4.78 is 24.8. The third-order valence-electron chi connectivity index (χ3n) is 4.73. The Hall–Kier alpha value is -2.13. The molecule has 1 aliphatic carbocycles. The second-order valence-electron chi connectivity index (χ2n) is 6.30. The summed E-state index contributed by atoms with van der Waals surface area (Å²) in [6, 6.07) is 6.35. The van der Waals surface area contributed by atoms with Gasteiger partial charge in [-0.15, -0.1) is 6.58 Å². The molecule has 3 heteroatoms. The molecule has 2 atom stereocenters. The predicted octanol–water partition coefficient (Wildman–Crippen LogP) is 5.73. The maximum absolute atomic E-state index is 13.0. The van der Waals surface area contributed by atoms with E-state index in [0.29, 0.717) is 6.61 Å². The zero-order valence-corrected chi connectivity index (χ0v) is 15.3. The molecular formula is C22H27FO2. The summed E-state index contributed by atoms with van der Waals surface area (Å²) in [6.45, 7) is 12.5. The van der Waals surface area contributed by atoms with E-state index in [2.05, 4.69) is 13.2 Å². The van der Waals surface area contributed by atoms with E-state index in [9.17, 15) is 4.39 Å². The van der Waals surface area contributed by atoms with Crippen molar-refractivity contribution in [1.82, 2.24) is 0 Å². The minimum Gasteiger partial charge on any atom is -0.489 e. The Bertz CT molecular complexity index is 682. The number of allylic oxidation sites excluding steroid dienone is 2. The second kappa shape index (κ2) is 8.82. The summed E-state index contributed by atoms with van der Waals surface area (Å²) >= 11 is 0. The van der Waals surface area contributed by atoms with E-state index in [4.69, 9.17) is 9.47 Å². The average molecular weight is 342 g/mol. The molecule has 0 amide bonds. The number of hydrogen-bond donors (Lipinski definition) is 0. The highest BCUT2D eigenvalue weighted by molar-refractivity contribution is 5.45. The van der Waals surface area contributed by atoms with Crippen LogP contribution in [0.1, 0.15) is 32.3 Å². The highest BCUT2D eigenvalue weighted by Crippen LogP contribution is 2.38. The molecule has 1 saturated carbocycles. The number of halogens is 1. The molecular weight excluding hydrogens is 315 g/mol. The van der Waals surface area contributed by atoms with Gasteiger partial charge in [-0.25, -0.2) is 4.39 Å². The molecule has 1 fully saturated rings. The fourth-order valence-corrected chi connectivity index (χ4v) is 3.34. The Balaban J connectivity index is 2.24. The zero-order chi connectivity index (χ0) is 18.4. The standard InChI is InChI=1S/C22H27FO2/c1-6-18-11-8-15(3)21(22(18)24-5)16(4)20(7-2)25-14-17-9-12-19(23)13-10-17/h6-7,9-10,12-13,18,22H,1,3,8,11,14H2,2,4-5H3/b20-7+,21-16+/t18-,22-/m1/s1. The Morgan fingerprint density at radius 3 is 2.56 bits per heavy atom. The fourth-order valence-electron chi connectivity index (χ4n) is 3.34. The third-order valence-corrected chi connectivity index (χ3v) is 4.73. The molecule has 134 valence electrons. The van der Waals surface area contributed by atoms with Gasteiger partial charge in [0.15, 0.2) is 0 Å². The molecule has 2 nitrogen and oxygen atoms in total. The van der Waals surface area contributed by atoms with Crippen LogP contribution in [-0.4, -0.2) is 13.2 Å². The molecule has 0 saturated heterocycles. The van der Waals surface area contributed by atoms with Crippen LogP contribution in [-0.2, 0) is 16.1 Å². The van der Waals surface area contributed by atoms with Crippen LogP contribution < -0.4 is 0 Å². The Morgan fingerprint density at radius 2 is 2.00 bits per heavy atom. The van der Waals surface area contributed by atoms with Gasteiger partial charge in [0, 0.05) is 13.0 Å². The van der Waals surface area contributed by atoms with Gasteiger partial charge in [-0.1, -0.05) is 24.8 Å². The molecule has 0 N–H and O–H groups in total. The van der Waals surface area contributed by atoms with Crippen molar-refractivity contribution >= 4 is 0 Å². The first-order valence-corrected chi connectivity index (χ1v) is 8.60. The molecule has 0 aliphatic heterocycles. The predicted molar refractivity (Wildman–Crippen MR) is 101 cm³/mol. The monoisotopic (exact) mass is 342 g/mol. The van der Waals surface area contributed by atoms with Crippen LogP contribution in [0.3, 0.4) is 0 Å². The van der Waals surface area contributed by atoms with Crippen molar-refractivity contribution in [2.24, 2.45) is 5.92 Å². The summed E-state index contributed by atoms with van der Waals surface area (Å²) in [6.07, 6.45) is 5.78. The molecule has 0 spiro atoms. The highest BCUT2D eigenvalue weighted by atomic mass is 19.1. The van der Waals surface area contributed by atoms with Gasteiger partial charge >= 0.3 is 0 Å². The molecule has 1 aliphatic rings. The van der Waals surface area contributed by atoms with Crippen molar-refractivity contribution in [3.63, 3.8) is 0 Å². The van der Waals surface area contributed by atoms with Gasteiger partial charge in [0.1, 0.15) is 18.2 Å². The molecule has 0 radical (unpaired) electrons. The summed E-state index contributed by atoms with van der Waals surface area (Å²) in [5.74, 6) is 0.827. The van der Waals surface area contributed by atoms with E-state index >= 15 is 0 Å². The SMILES string of the molecule is C=C[C@@H]1CCC(=C)/C(=C(C)\C(=C/C)OCc2ccc(F)cc2)[C@@H]1OC. The summed E-state index contributed by atoms with van der Waals surface area (Å²) in [4.78, 5) is 0. The Labute approximate surface area is 150 Å². The van der Waals surface area contributed by atoms with E-state index in [-0.39, 0.29) is 17.8 Å². The number of hydrogen-bond acceptors (Lipinski definition) is 2. The zero-order valence-electron chi connectivity index (χ0n) is 15.3. The average Bonchev–Trinajstić information content (AvgIpc) is 2.63. The van der Waals surface area contributed by atoms with Crippen LogP contribution in [0.15, 0.2) is 72.1 Å². The summed E-state index contributed by atoms with van der Waals surface area (Å²) in [5, 5.41) is 0. The quantitative estimate of drug-likeness (QED) is 0.485. The van der Waals surface area contributed by atoms with Gasteiger partial charge in [-0.05, 0) is 67.2 Å². The number of rotatable bonds is 6. The molecule has 0 aromatic heterocycles. The summed E-state index contributed by atoms with van der Waals surface area (Å²) in [5.41, 5.74) is 4.15. The topological polar surface area (TPSA) is 18.5 Å². The lowest BCUT2D eigenvalue weighted by Gasteiger charge is -2.34. The third kappa shape index (κ3) is 4.49. The van der Waals surface area contributed by atoms with Crippen molar-refractivity contribution in [2.75, 3.05) is 7.11 Å². The molecule has 0 unspecified atom stereocenters. The smallest absolute Gasteiger partial charge is 0.123 e. The van der Waals surface area contributed by atoms with Crippen LogP contribution in [0.25, 0.3) is 0 Å². The van der Waals surface area contributed by atoms with Crippen LogP contribution in [0.5, 0.6) is 0 Å². The van der Waals surface area contributed by atoms with Crippen LogP contribution in [0, 0.1) is 11.7 Å². The number of methoxy groups -OCH3 is 1. The van der Waals surface area contributed by atoms with E-state index in [0.717, 1.165) is 40.9 Å². The van der Waals surface area contributed by atoms with Crippen LogP contribution in [0.4, 0.5) is 4.39 Å². The van der Waals surface area contributed by atoms with Gasteiger partial charge in [0.05, 0.1) is 6.10 Å². The molecule has 2 rings (SSSR count). The van der Waals surface area contributed by atoms with Gasteiger partial charge < -0.3 is 9.47 Å². The first kappa shape index (κ1) is 19.2. The highest BCUT2D eigenvalue weighted by Gasteiger charge is 2.31. The van der Waals surface area contributed by atoms with Crippen molar-refractivity contribution < 1.29 is 13.9 Å². The lowest BCUT2D eigenvalue weighted by molar-refractivity contribution is 0.0871.